The van der Waals surface area contributed by atoms with Gasteiger partial charge >= 0.3 is 0 Å². The van der Waals surface area contributed by atoms with Gasteiger partial charge in [-0.2, -0.15) is 0 Å². The highest BCUT2D eigenvalue weighted by Crippen LogP contribution is 2.19. The number of carbonyl (C=O) groups is 2. The van der Waals surface area contributed by atoms with Gasteiger partial charge in [-0.3, -0.25) is 9.59 Å². The lowest BCUT2D eigenvalue weighted by molar-refractivity contribution is -0.129. The molecule has 1 aromatic rings. The van der Waals surface area contributed by atoms with Crippen molar-refractivity contribution in [3.63, 3.8) is 0 Å². The van der Waals surface area contributed by atoms with Crippen LogP contribution in [0.2, 0.25) is 0 Å². The molecule has 1 aliphatic heterocycles. The molecule has 0 aliphatic carbocycles. The van der Waals surface area contributed by atoms with Crippen LogP contribution in [-0.4, -0.2) is 70.3 Å². The fraction of sp³-hybridized carbons (Fsp3) is 0.556. The van der Waals surface area contributed by atoms with Crippen molar-refractivity contribution in [1.29, 1.82) is 0 Å². The fourth-order valence-corrected chi connectivity index (χ4v) is 3.54. The van der Waals surface area contributed by atoms with E-state index in [0.717, 1.165) is 18.5 Å². The number of nitrogens with zero attached hydrogens (tertiary/aromatic N) is 2. The van der Waals surface area contributed by atoms with Crippen molar-refractivity contribution >= 4 is 21.8 Å². The predicted octanol–water partition coefficient (Wildman–Crippen LogP) is -0.207. The van der Waals surface area contributed by atoms with Crippen LogP contribution in [0.1, 0.15) is 18.4 Å². The Hall–Kier alpha value is -1.97. The molecule has 1 fully saturated rings. The fourth-order valence-electron chi connectivity index (χ4n) is 3.02. The molecular weight excluding hydrogens is 368 g/mol. The third-order valence-corrected chi connectivity index (χ3v) is 5.52. The van der Waals surface area contributed by atoms with E-state index in [1.54, 1.807) is 17.0 Å². The molecule has 1 aliphatic rings. The Morgan fingerprint density at radius 3 is 2.56 bits per heavy atom. The van der Waals surface area contributed by atoms with E-state index in [9.17, 15) is 18.0 Å². The first-order chi connectivity index (χ1) is 12.7. The second-order valence-corrected chi connectivity index (χ2v) is 8.69. The molecule has 0 bridgehead atoms. The van der Waals surface area contributed by atoms with Crippen LogP contribution in [0.3, 0.4) is 0 Å². The minimum Gasteiger partial charge on any atom is -0.356 e. The van der Waals surface area contributed by atoms with Gasteiger partial charge in [0.1, 0.15) is 0 Å². The highest BCUT2D eigenvalue weighted by molar-refractivity contribution is 7.89. The number of nitrogens with two attached hydrogens (primary N) is 1. The molecule has 2 amide bonds. The van der Waals surface area contributed by atoms with E-state index in [0.29, 0.717) is 26.1 Å². The summed E-state index contributed by atoms with van der Waals surface area (Å²) in [7, 11) is 0.266. The number of rotatable bonds is 9. The maximum atomic E-state index is 12.2. The Morgan fingerprint density at radius 2 is 1.96 bits per heavy atom. The molecule has 3 N–H and O–H groups in total. The zero-order valence-electron chi connectivity index (χ0n) is 15.8. The molecule has 1 atom stereocenters. The first-order valence-electron chi connectivity index (χ1n) is 8.99. The summed E-state index contributed by atoms with van der Waals surface area (Å²) in [4.78, 5) is 28.2. The summed E-state index contributed by atoms with van der Waals surface area (Å²) in [5.41, 5.74) is 0.909. The molecule has 0 aromatic heterocycles. The average Bonchev–Trinajstić information content (AvgIpc) is 2.97. The van der Waals surface area contributed by atoms with Crippen molar-refractivity contribution in [3.8, 4) is 0 Å². The topological polar surface area (TPSA) is 113 Å². The van der Waals surface area contributed by atoms with Crippen molar-refractivity contribution in [2.24, 2.45) is 11.1 Å². The van der Waals surface area contributed by atoms with Crippen molar-refractivity contribution in [3.05, 3.63) is 29.8 Å². The molecule has 9 heteroatoms. The molecule has 150 valence electrons. The van der Waals surface area contributed by atoms with Crippen LogP contribution in [0.15, 0.2) is 29.2 Å². The Balaban J connectivity index is 1.79. The second kappa shape index (κ2) is 9.29. The van der Waals surface area contributed by atoms with Gasteiger partial charge in [0.05, 0.1) is 10.8 Å². The number of hydrogen-bond donors (Lipinski definition) is 2. The minimum atomic E-state index is -3.70. The number of amides is 2. The van der Waals surface area contributed by atoms with Crippen LogP contribution < -0.4 is 10.5 Å². The smallest absolute Gasteiger partial charge is 0.238 e. The summed E-state index contributed by atoms with van der Waals surface area (Å²) in [6, 6.07) is 6.30. The molecule has 1 unspecified atom stereocenters. The van der Waals surface area contributed by atoms with E-state index in [-0.39, 0.29) is 29.0 Å². The first kappa shape index (κ1) is 21.3. The number of primary sulfonamides is 1. The van der Waals surface area contributed by atoms with Crippen molar-refractivity contribution in [2.45, 2.75) is 24.2 Å². The Labute approximate surface area is 160 Å². The van der Waals surface area contributed by atoms with Crippen LogP contribution >= 0.6 is 0 Å². The Kier molecular flexibility index (Phi) is 7.34. The molecule has 8 nitrogen and oxygen atoms in total. The normalized spacial score (nSPS) is 17.6. The molecule has 1 heterocycles. The summed E-state index contributed by atoms with van der Waals surface area (Å²) >= 11 is 0. The van der Waals surface area contributed by atoms with Gasteiger partial charge < -0.3 is 15.1 Å². The molecule has 0 radical (unpaired) electrons. The number of likely N-dealkylation sites (tertiary alicyclic amines) is 1. The van der Waals surface area contributed by atoms with Crippen LogP contribution in [0.4, 0.5) is 0 Å². The molecule has 0 spiro atoms. The molecule has 0 saturated carbocycles. The van der Waals surface area contributed by atoms with Crippen LogP contribution in [0.25, 0.3) is 0 Å². The summed E-state index contributed by atoms with van der Waals surface area (Å²) in [5.74, 6) is -0.395. The first-order valence-corrected chi connectivity index (χ1v) is 10.5. The van der Waals surface area contributed by atoms with Gasteiger partial charge in [-0.1, -0.05) is 12.1 Å². The lowest BCUT2D eigenvalue weighted by Gasteiger charge is -2.17. The summed E-state index contributed by atoms with van der Waals surface area (Å²) in [5, 5.41) is 7.98. The molecule has 1 aromatic carbocycles. The van der Waals surface area contributed by atoms with Gasteiger partial charge in [-0.05, 0) is 51.2 Å². The quantitative estimate of drug-likeness (QED) is 0.561. The van der Waals surface area contributed by atoms with Gasteiger partial charge in [-0.15, -0.1) is 0 Å². The zero-order valence-corrected chi connectivity index (χ0v) is 16.7. The zero-order chi connectivity index (χ0) is 20.0. The average molecular weight is 397 g/mol. The Bertz CT molecular complexity index is 762. The summed E-state index contributed by atoms with van der Waals surface area (Å²) in [6.45, 7) is 2.43. The SMILES string of the molecule is CN(C)CCCNC(=O)C1CC(=O)N(CCc2ccc(S(N)(=O)=O)cc2)C1. The Morgan fingerprint density at radius 1 is 1.30 bits per heavy atom. The third-order valence-electron chi connectivity index (χ3n) is 4.59. The van der Waals surface area contributed by atoms with Crippen LogP contribution in [0, 0.1) is 5.92 Å². The van der Waals surface area contributed by atoms with Crippen LogP contribution in [0.5, 0.6) is 0 Å². The van der Waals surface area contributed by atoms with E-state index in [2.05, 4.69) is 10.2 Å². The van der Waals surface area contributed by atoms with Gasteiger partial charge in [0.15, 0.2) is 0 Å². The lowest BCUT2D eigenvalue weighted by atomic mass is 10.1. The minimum absolute atomic E-state index is 0.0235. The monoisotopic (exact) mass is 396 g/mol. The number of benzene rings is 1. The van der Waals surface area contributed by atoms with Gasteiger partial charge in [-0.25, -0.2) is 13.6 Å². The number of carbonyl (C=O) groups excluding carboxylic acids is 2. The third kappa shape index (κ3) is 6.60. The molecule has 2 rings (SSSR count). The molecule has 27 heavy (non-hydrogen) atoms. The van der Waals surface area contributed by atoms with Gasteiger partial charge in [0, 0.05) is 26.1 Å². The van der Waals surface area contributed by atoms with Crippen molar-refractivity contribution in [1.82, 2.24) is 15.1 Å². The van der Waals surface area contributed by atoms with E-state index < -0.39 is 10.0 Å². The van der Waals surface area contributed by atoms with Crippen LogP contribution in [-0.2, 0) is 26.0 Å². The van der Waals surface area contributed by atoms with E-state index >= 15 is 0 Å². The van der Waals surface area contributed by atoms with Gasteiger partial charge in [0.25, 0.3) is 0 Å². The van der Waals surface area contributed by atoms with E-state index in [1.807, 2.05) is 14.1 Å². The van der Waals surface area contributed by atoms with Crippen molar-refractivity contribution < 1.29 is 18.0 Å². The number of nitrogens with one attached hydrogen (secondary N) is 1. The summed E-state index contributed by atoms with van der Waals surface area (Å²) in [6.07, 6.45) is 1.70. The highest BCUT2D eigenvalue weighted by Gasteiger charge is 2.33. The second-order valence-electron chi connectivity index (χ2n) is 7.13. The number of sulfonamides is 1. The maximum Gasteiger partial charge on any atom is 0.238 e. The number of hydrogen-bond acceptors (Lipinski definition) is 5. The largest absolute Gasteiger partial charge is 0.356 e. The predicted molar refractivity (Wildman–Crippen MR) is 102 cm³/mol. The van der Waals surface area contributed by atoms with E-state index in [1.165, 1.54) is 12.1 Å². The van der Waals surface area contributed by atoms with Gasteiger partial charge in [0.2, 0.25) is 21.8 Å². The lowest BCUT2D eigenvalue weighted by Crippen LogP contribution is -2.34. The summed E-state index contributed by atoms with van der Waals surface area (Å²) < 4.78 is 22.5. The molecule has 1 saturated heterocycles. The standard InChI is InChI=1S/C18H28N4O4S/c1-21(2)10-3-9-20-18(24)15-12-17(23)22(13-15)11-8-14-4-6-16(7-5-14)27(19,25)26/h4-7,15H,3,8-13H2,1-2H3,(H,20,24)(H2,19,25,26). The maximum absolute atomic E-state index is 12.2. The van der Waals surface area contributed by atoms with E-state index in [4.69, 9.17) is 5.14 Å². The molecular formula is C18H28N4O4S. The highest BCUT2D eigenvalue weighted by atomic mass is 32.2. The van der Waals surface area contributed by atoms with Crippen molar-refractivity contribution in [2.75, 3.05) is 40.3 Å².